The van der Waals surface area contributed by atoms with Crippen molar-refractivity contribution in [2.24, 2.45) is 11.1 Å². The van der Waals surface area contributed by atoms with Crippen LogP contribution in [0, 0.1) is 5.41 Å². The minimum atomic E-state index is -4.73. The smallest absolute Gasteiger partial charge is 0.351 e. The lowest BCUT2D eigenvalue weighted by Gasteiger charge is -2.36. The quantitative estimate of drug-likeness (QED) is 0.806. The van der Waals surface area contributed by atoms with E-state index in [-0.39, 0.29) is 11.5 Å². The molecule has 0 heterocycles. The molecule has 0 aliphatic heterocycles. The fourth-order valence-electron chi connectivity index (χ4n) is 2.01. The second-order valence-corrected chi connectivity index (χ2v) is 6.11. The van der Waals surface area contributed by atoms with E-state index >= 15 is 0 Å². The Bertz CT molecular complexity index is 314. The summed E-state index contributed by atoms with van der Waals surface area (Å²) in [6.45, 7) is 4.94. The van der Waals surface area contributed by atoms with Crippen molar-refractivity contribution in [3.05, 3.63) is 0 Å². The number of alkyl halides is 3. The summed E-state index contributed by atoms with van der Waals surface area (Å²) in [7, 11) is 0. The van der Waals surface area contributed by atoms with E-state index in [2.05, 4.69) is 19.2 Å². The predicted octanol–water partition coefficient (Wildman–Crippen LogP) is 2.35. The van der Waals surface area contributed by atoms with Crippen molar-refractivity contribution in [1.29, 1.82) is 0 Å². The second kappa shape index (κ2) is 4.72. The molecule has 6 heteroatoms. The summed E-state index contributed by atoms with van der Waals surface area (Å²) in [6.07, 6.45) is -1.54. The van der Waals surface area contributed by atoms with Crippen LogP contribution >= 0.6 is 0 Å². The first-order valence-corrected chi connectivity index (χ1v) is 6.12. The summed E-state index contributed by atoms with van der Waals surface area (Å²) >= 11 is 0. The molecule has 18 heavy (non-hydrogen) atoms. The van der Waals surface area contributed by atoms with Gasteiger partial charge >= 0.3 is 6.18 Å². The maximum Gasteiger partial charge on any atom is 0.415 e. The van der Waals surface area contributed by atoms with Crippen LogP contribution in [-0.2, 0) is 4.79 Å². The standard InChI is InChI=1S/C12H21F3N2O/c1-10(2)6-4-8(5-7-10)17-9(18)11(3,16)12(13,14)15/h8H,4-7,16H2,1-3H3,(H,17,18). The van der Waals surface area contributed by atoms with Gasteiger partial charge in [-0.1, -0.05) is 13.8 Å². The summed E-state index contributed by atoms with van der Waals surface area (Å²) in [4.78, 5) is 11.6. The van der Waals surface area contributed by atoms with Crippen LogP contribution in [0.3, 0.4) is 0 Å². The van der Waals surface area contributed by atoms with Crippen molar-refractivity contribution in [2.75, 3.05) is 0 Å². The second-order valence-electron chi connectivity index (χ2n) is 6.11. The Morgan fingerprint density at radius 1 is 1.28 bits per heavy atom. The summed E-state index contributed by atoms with van der Waals surface area (Å²) in [5, 5.41) is 2.42. The highest BCUT2D eigenvalue weighted by Crippen LogP contribution is 2.35. The Hall–Kier alpha value is -0.780. The van der Waals surface area contributed by atoms with Crippen LogP contribution in [0.4, 0.5) is 13.2 Å². The van der Waals surface area contributed by atoms with E-state index in [0.717, 1.165) is 12.8 Å². The normalized spacial score (nSPS) is 24.4. The molecule has 0 radical (unpaired) electrons. The maximum atomic E-state index is 12.6. The lowest BCUT2D eigenvalue weighted by Crippen LogP contribution is -2.62. The Balaban J connectivity index is 2.57. The van der Waals surface area contributed by atoms with Gasteiger partial charge in [0.1, 0.15) is 0 Å². The van der Waals surface area contributed by atoms with Crippen molar-refractivity contribution in [3.63, 3.8) is 0 Å². The minimum Gasteiger partial charge on any atom is -0.351 e. The lowest BCUT2D eigenvalue weighted by molar-refractivity contribution is -0.188. The van der Waals surface area contributed by atoms with E-state index in [1.807, 2.05) is 0 Å². The van der Waals surface area contributed by atoms with E-state index in [0.29, 0.717) is 19.8 Å². The average molecular weight is 266 g/mol. The van der Waals surface area contributed by atoms with Crippen molar-refractivity contribution >= 4 is 5.91 Å². The first-order chi connectivity index (χ1) is 7.96. The Morgan fingerprint density at radius 2 is 1.72 bits per heavy atom. The number of carbonyl (C=O) groups excluding carboxylic acids is 1. The third-order valence-corrected chi connectivity index (χ3v) is 3.73. The number of hydrogen-bond acceptors (Lipinski definition) is 2. The molecule has 0 aromatic rings. The molecule has 1 saturated carbocycles. The van der Waals surface area contributed by atoms with Crippen molar-refractivity contribution in [1.82, 2.24) is 5.32 Å². The molecule has 3 N–H and O–H groups in total. The molecule has 1 fully saturated rings. The van der Waals surface area contributed by atoms with Crippen molar-refractivity contribution in [2.45, 2.75) is 64.2 Å². The minimum absolute atomic E-state index is 0.198. The zero-order valence-electron chi connectivity index (χ0n) is 11.0. The number of nitrogens with one attached hydrogen (secondary N) is 1. The van der Waals surface area contributed by atoms with E-state index in [1.165, 1.54) is 0 Å². The van der Waals surface area contributed by atoms with Crippen LogP contribution in [0.2, 0.25) is 0 Å². The summed E-state index contributed by atoms with van der Waals surface area (Å²) in [6, 6.07) is -0.198. The van der Waals surface area contributed by atoms with E-state index in [9.17, 15) is 18.0 Å². The molecule has 1 aliphatic carbocycles. The van der Waals surface area contributed by atoms with Crippen LogP contribution in [0.1, 0.15) is 46.5 Å². The Kier molecular flexibility index (Phi) is 4.00. The van der Waals surface area contributed by atoms with Gasteiger partial charge in [0.2, 0.25) is 5.91 Å². The molecule has 0 saturated heterocycles. The summed E-state index contributed by atoms with van der Waals surface area (Å²) in [5.41, 5.74) is 2.46. The monoisotopic (exact) mass is 266 g/mol. The molecule has 1 unspecified atom stereocenters. The maximum absolute atomic E-state index is 12.6. The van der Waals surface area contributed by atoms with Crippen LogP contribution in [0.25, 0.3) is 0 Å². The number of halogens is 3. The fourth-order valence-corrected chi connectivity index (χ4v) is 2.01. The van der Waals surface area contributed by atoms with E-state index in [1.54, 1.807) is 0 Å². The first-order valence-electron chi connectivity index (χ1n) is 6.12. The van der Waals surface area contributed by atoms with Gasteiger partial charge in [0.05, 0.1) is 0 Å². The number of nitrogens with two attached hydrogens (primary N) is 1. The molecule has 3 nitrogen and oxygen atoms in total. The Morgan fingerprint density at radius 3 is 2.11 bits per heavy atom. The molecule has 0 bridgehead atoms. The zero-order valence-corrected chi connectivity index (χ0v) is 11.0. The van der Waals surface area contributed by atoms with Gasteiger partial charge in [-0.05, 0) is 38.0 Å². The van der Waals surface area contributed by atoms with E-state index in [4.69, 9.17) is 5.73 Å². The van der Waals surface area contributed by atoms with Crippen LogP contribution in [0.5, 0.6) is 0 Å². The highest BCUT2D eigenvalue weighted by atomic mass is 19.4. The molecule has 1 amide bonds. The molecule has 0 spiro atoms. The Labute approximate surface area is 105 Å². The summed E-state index contributed by atoms with van der Waals surface area (Å²) < 4.78 is 37.7. The van der Waals surface area contributed by atoms with Crippen LogP contribution in [-0.4, -0.2) is 23.7 Å². The highest BCUT2D eigenvalue weighted by molar-refractivity contribution is 5.86. The van der Waals surface area contributed by atoms with Gasteiger partial charge in [-0.25, -0.2) is 0 Å². The van der Waals surface area contributed by atoms with Gasteiger partial charge in [-0.15, -0.1) is 0 Å². The molecule has 0 aromatic heterocycles. The SMILES string of the molecule is CC1(C)CCC(NC(=O)C(C)(N)C(F)(F)F)CC1. The molecule has 1 atom stereocenters. The molecular formula is C12H21F3N2O. The van der Waals surface area contributed by atoms with Crippen molar-refractivity contribution in [3.8, 4) is 0 Å². The largest absolute Gasteiger partial charge is 0.415 e. The van der Waals surface area contributed by atoms with Gasteiger partial charge in [-0.2, -0.15) is 13.2 Å². The molecule has 106 valence electrons. The number of rotatable bonds is 2. The predicted molar refractivity (Wildman–Crippen MR) is 62.8 cm³/mol. The number of carbonyl (C=O) groups is 1. The zero-order chi connectivity index (χ0) is 14.2. The van der Waals surface area contributed by atoms with Gasteiger partial charge in [0.15, 0.2) is 5.54 Å². The van der Waals surface area contributed by atoms with E-state index < -0.39 is 17.6 Å². The number of amides is 1. The van der Waals surface area contributed by atoms with Gasteiger partial charge < -0.3 is 11.1 Å². The molecule has 1 aliphatic rings. The fraction of sp³-hybridized carbons (Fsp3) is 0.917. The topological polar surface area (TPSA) is 55.1 Å². The first kappa shape index (κ1) is 15.3. The van der Waals surface area contributed by atoms with Gasteiger partial charge in [0.25, 0.3) is 0 Å². The van der Waals surface area contributed by atoms with Crippen molar-refractivity contribution < 1.29 is 18.0 Å². The highest BCUT2D eigenvalue weighted by Gasteiger charge is 2.54. The van der Waals surface area contributed by atoms with Gasteiger partial charge in [-0.3, -0.25) is 4.79 Å². The van der Waals surface area contributed by atoms with Gasteiger partial charge in [0, 0.05) is 6.04 Å². The third-order valence-electron chi connectivity index (χ3n) is 3.73. The molecule has 0 aromatic carbocycles. The van der Waals surface area contributed by atoms with Crippen LogP contribution in [0.15, 0.2) is 0 Å². The third kappa shape index (κ3) is 3.37. The van der Waals surface area contributed by atoms with Crippen LogP contribution < -0.4 is 11.1 Å². The lowest BCUT2D eigenvalue weighted by atomic mass is 9.75. The molecular weight excluding hydrogens is 245 g/mol. The molecule has 1 rings (SSSR count). The average Bonchev–Trinajstić information content (AvgIpc) is 2.19. The summed E-state index contributed by atoms with van der Waals surface area (Å²) in [5.74, 6) is -1.14. The number of hydrogen-bond donors (Lipinski definition) is 2.